The summed E-state index contributed by atoms with van der Waals surface area (Å²) in [7, 11) is 0. The highest BCUT2D eigenvalue weighted by Gasteiger charge is 2.32. The minimum Gasteiger partial charge on any atom is -0.480 e. The number of carboxylic acid groups (broad SMARTS) is 1. The molecule has 1 rings (SSSR count). The Bertz CT molecular complexity index is 312. The molecule has 0 aromatic carbocycles. The molecule has 6 nitrogen and oxygen atoms in total. The average Bonchev–Trinajstić information content (AvgIpc) is 2.27. The number of aliphatic carboxylic acids is 1. The SMILES string of the molecule is CC(C)(C)CCNC(=O)N1CCOCC1C(=O)O. The Labute approximate surface area is 107 Å². The van der Waals surface area contributed by atoms with Gasteiger partial charge in [-0.1, -0.05) is 20.8 Å². The number of nitrogens with one attached hydrogen (secondary N) is 1. The first-order chi connectivity index (χ1) is 8.31. The number of ether oxygens (including phenoxy) is 1. The van der Waals surface area contributed by atoms with Gasteiger partial charge in [0.1, 0.15) is 0 Å². The van der Waals surface area contributed by atoms with Crippen LogP contribution in [0.3, 0.4) is 0 Å². The van der Waals surface area contributed by atoms with Gasteiger partial charge in [-0.3, -0.25) is 0 Å². The van der Waals surface area contributed by atoms with Crippen molar-refractivity contribution in [2.24, 2.45) is 5.41 Å². The van der Waals surface area contributed by atoms with Crippen molar-refractivity contribution in [1.82, 2.24) is 10.2 Å². The van der Waals surface area contributed by atoms with Gasteiger partial charge in [0, 0.05) is 13.1 Å². The van der Waals surface area contributed by atoms with Gasteiger partial charge in [0.2, 0.25) is 0 Å². The van der Waals surface area contributed by atoms with Crippen LogP contribution in [0.4, 0.5) is 4.79 Å². The van der Waals surface area contributed by atoms with E-state index in [4.69, 9.17) is 9.84 Å². The normalized spacial score (nSPS) is 20.6. The minimum absolute atomic E-state index is 0.0576. The Morgan fingerprint density at radius 2 is 2.11 bits per heavy atom. The Hall–Kier alpha value is -1.30. The van der Waals surface area contributed by atoms with Crippen LogP contribution in [0, 0.1) is 5.41 Å². The Balaban J connectivity index is 2.46. The topological polar surface area (TPSA) is 78.9 Å². The number of hydrogen-bond acceptors (Lipinski definition) is 3. The van der Waals surface area contributed by atoms with Crippen LogP contribution >= 0.6 is 0 Å². The van der Waals surface area contributed by atoms with E-state index in [1.165, 1.54) is 4.90 Å². The third-order valence-corrected chi connectivity index (χ3v) is 2.83. The van der Waals surface area contributed by atoms with Crippen molar-refractivity contribution in [3.05, 3.63) is 0 Å². The van der Waals surface area contributed by atoms with Crippen molar-refractivity contribution in [2.75, 3.05) is 26.3 Å². The molecule has 1 unspecified atom stereocenters. The van der Waals surface area contributed by atoms with Crippen molar-refractivity contribution >= 4 is 12.0 Å². The fourth-order valence-electron chi connectivity index (χ4n) is 1.70. The van der Waals surface area contributed by atoms with Crippen LogP contribution in [0.2, 0.25) is 0 Å². The van der Waals surface area contributed by atoms with E-state index in [0.29, 0.717) is 19.7 Å². The summed E-state index contributed by atoms with van der Waals surface area (Å²) in [5.74, 6) is -1.03. The molecule has 1 saturated heterocycles. The molecule has 1 aliphatic heterocycles. The van der Waals surface area contributed by atoms with Gasteiger partial charge in [0.05, 0.1) is 13.2 Å². The molecule has 1 atom stereocenters. The van der Waals surface area contributed by atoms with Crippen LogP contribution in [0.15, 0.2) is 0 Å². The number of amides is 2. The molecule has 0 saturated carbocycles. The zero-order chi connectivity index (χ0) is 13.8. The van der Waals surface area contributed by atoms with Gasteiger partial charge in [0.25, 0.3) is 0 Å². The van der Waals surface area contributed by atoms with Gasteiger partial charge in [-0.15, -0.1) is 0 Å². The molecule has 1 fully saturated rings. The van der Waals surface area contributed by atoms with Crippen molar-refractivity contribution in [3.8, 4) is 0 Å². The van der Waals surface area contributed by atoms with E-state index in [0.717, 1.165) is 6.42 Å². The molecule has 2 N–H and O–H groups in total. The first kappa shape index (κ1) is 14.8. The molecule has 0 aliphatic carbocycles. The van der Waals surface area contributed by atoms with Crippen molar-refractivity contribution in [1.29, 1.82) is 0 Å². The number of urea groups is 1. The Morgan fingerprint density at radius 3 is 2.67 bits per heavy atom. The molecule has 0 aromatic rings. The van der Waals surface area contributed by atoms with Gasteiger partial charge in [-0.25, -0.2) is 9.59 Å². The summed E-state index contributed by atoms with van der Waals surface area (Å²) in [6.07, 6.45) is 0.848. The first-order valence-corrected chi connectivity index (χ1v) is 6.16. The zero-order valence-corrected chi connectivity index (χ0v) is 11.2. The second-order valence-electron chi connectivity index (χ2n) is 5.66. The number of rotatable bonds is 3. The van der Waals surface area contributed by atoms with Crippen LogP contribution in [0.5, 0.6) is 0 Å². The van der Waals surface area contributed by atoms with E-state index in [1.807, 2.05) is 0 Å². The second kappa shape index (κ2) is 6.04. The first-order valence-electron chi connectivity index (χ1n) is 6.16. The Morgan fingerprint density at radius 1 is 1.44 bits per heavy atom. The van der Waals surface area contributed by atoms with Crippen molar-refractivity contribution < 1.29 is 19.4 Å². The molecule has 6 heteroatoms. The largest absolute Gasteiger partial charge is 0.480 e. The van der Waals surface area contributed by atoms with E-state index >= 15 is 0 Å². The lowest BCUT2D eigenvalue weighted by Crippen LogP contribution is -2.55. The molecule has 2 amide bonds. The number of morpholine rings is 1. The summed E-state index contributed by atoms with van der Waals surface area (Å²) in [5.41, 5.74) is 0.143. The van der Waals surface area contributed by atoms with Crippen molar-refractivity contribution in [2.45, 2.75) is 33.2 Å². The molecular formula is C12H22N2O4. The predicted octanol–water partition coefficient (Wildman–Crippen LogP) is 0.918. The lowest BCUT2D eigenvalue weighted by Gasteiger charge is -2.33. The summed E-state index contributed by atoms with van der Waals surface area (Å²) >= 11 is 0. The molecule has 0 bridgehead atoms. The number of carbonyl (C=O) groups excluding carboxylic acids is 1. The maximum Gasteiger partial charge on any atom is 0.328 e. The second-order valence-corrected chi connectivity index (χ2v) is 5.66. The lowest BCUT2D eigenvalue weighted by atomic mass is 9.92. The molecule has 104 valence electrons. The number of carbonyl (C=O) groups is 2. The molecule has 0 radical (unpaired) electrons. The maximum atomic E-state index is 11.9. The van der Waals surface area contributed by atoms with Crippen LogP contribution in [-0.2, 0) is 9.53 Å². The molecule has 0 aromatic heterocycles. The maximum absolute atomic E-state index is 11.9. The summed E-state index contributed by atoms with van der Waals surface area (Å²) in [6, 6.07) is -1.21. The van der Waals surface area contributed by atoms with Crippen LogP contribution in [0.1, 0.15) is 27.2 Å². The molecular weight excluding hydrogens is 236 g/mol. The summed E-state index contributed by atoms with van der Waals surface area (Å²) in [5, 5.41) is 11.8. The third-order valence-electron chi connectivity index (χ3n) is 2.83. The van der Waals surface area contributed by atoms with Crippen molar-refractivity contribution in [3.63, 3.8) is 0 Å². The zero-order valence-electron chi connectivity index (χ0n) is 11.2. The third kappa shape index (κ3) is 4.52. The van der Waals surface area contributed by atoms with Gasteiger partial charge in [-0.05, 0) is 11.8 Å². The van der Waals surface area contributed by atoms with Gasteiger partial charge < -0.3 is 20.1 Å². The van der Waals surface area contributed by atoms with E-state index in [9.17, 15) is 9.59 Å². The average molecular weight is 258 g/mol. The standard InChI is InChI=1S/C12H22N2O4/c1-12(2,3)4-5-13-11(17)14-6-7-18-8-9(14)10(15)16/h9H,4-8H2,1-3H3,(H,13,17)(H,15,16). The van der Waals surface area contributed by atoms with Crippen LogP contribution in [0.25, 0.3) is 0 Å². The Kier molecular flexibility index (Phi) is 4.95. The van der Waals surface area contributed by atoms with Crippen LogP contribution < -0.4 is 5.32 Å². The quantitative estimate of drug-likeness (QED) is 0.789. The number of nitrogens with zero attached hydrogens (tertiary/aromatic N) is 1. The molecule has 18 heavy (non-hydrogen) atoms. The fourth-order valence-corrected chi connectivity index (χ4v) is 1.70. The summed E-state index contributed by atoms with van der Waals surface area (Å²) < 4.78 is 5.08. The highest BCUT2D eigenvalue weighted by atomic mass is 16.5. The summed E-state index contributed by atoms with van der Waals surface area (Å²) in [6.45, 7) is 7.58. The smallest absolute Gasteiger partial charge is 0.328 e. The minimum atomic E-state index is -1.03. The lowest BCUT2D eigenvalue weighted by molar-refractivity contribution is -0.147. The number of hydrogen-bond donors (Lipinski definition) is 2. The monoisotopic (exact) mass is 258 g/mol. The van der Waals surface area contributed by atoms with E-state index < -0.39 is 12.0 Å². The van der Waals surface area contributed by atoms with Crippen LogP contribution in [-0.4, -0.2) is 54.4 Å². The fraction of sp³-hybridized carbons (Fsp3) is 0.833. The highest BCUT2D eigenvalue weighted by molar-refractivity contribution is 5.82. The van der Waals surface area contributed by atoms with E-state index in [1.54, 1.807) is 0 Å². The van der Waals surface area contributed by atoms with E-state index in [2.05, 4.69) is 26.1 Å². The predicted molar refractivity (Wildman–Crippen MR) is 66.4 cm³/mol. The highest BCUT2D eigenvalue weighted by Crippen LogP contribution is 2.17. The molecule has 0 spiro atoms. The van der Waals surface area contributed by atoms with E-state index in [-0.39, 0.29) is 18.1 Å². The van der Waals surface area contributed by atoms with Gasteiger partial charge in [-0.2, -0.15) is 0 Å². The van der Waals surface area contributed by atoms with Gasteiger partial charge >= 0.3 is 12.0 Å². The number of carboxylic acids is 1. The van der Waals surface area contributed by atoms with Gasteiger partial charge in [0.15, 0.2) is 6.04 Å². The summed E-state index contributed by atoms with van der Waals surface area (Å²) in [4.78, 5) is 24.2. The molecule has 1 heterocycles. The molecule has 1 aliphatic rings.